The minimum absolute atomic E-state index is 0.0527. The molecule has 2 aromatic heterocycles. The smallest absolute Gasteiger partial charge is 0.259 e. The fourth-order valence-electron chi connectivity index (χ4n) is 2.48. The highest BCUT2D eigenvalue weighted by Gasteiger charge is 2.22. The first-order valence-corrected chi connectivity index (χ1v) is 7.78. The van der Waals surface area contributed by atoms with E-state index in [0.29, 0.717) is 22.8 Å². The summed E-state index contributed by atoms with van der Waals surface area (Å²) in [5, 5.41) is 6.68. The van der Waals surface area contributed by atoms with Gasteiger partial charge >= 0.3 is 0 Å². The SMILES string of the molecule is COc1ccc(CNC(=O)c2c(-c3cccnc3)noc2N)c(OC)c1. The summed E-state index contributed by atoms with van der Waals surface area (Å²) in [6.07, 6.45) is 3.21. The zero-order chi connectivity index (χ0) is 18.5. The molecule has 26 heavy (non-hydrogen) atoms. The molecule has 0 aliphatic rings. The van der Waals surface area contributed by atoms with E-state index in [1.807, 2.05) is 6.07 Å². The third-order valence-corrected chi connectivity index (χ3v) is 3.81. The van der Waals surface area contributed by atoms with Crippen LogP contribution in [0.1, 0.15) is 15.9 Å². The minimum Gasteiger partial charge on any atom is -0.497 e. The number of hydrogen-bond acceptors (Lipinski definition) is 7. The lowest BCUT2D eigenvalue weighted by molar-refractivity contribution is 0.0952. The minimum atomic E-state index is -0.402. The van der Waals surface area contributed by atoms with E-state index in [1.54, 1.807) is 50.9 Å². The normalized spacial score (nSPS) is 10.4. The second-order valence-corrected chi connectivity index (χ2v) is 5.37. The lowest BCUT2D eigenvalue weighted by atomic mass is 10.1. The van der Waals surface area contributed by atoms with E-state index in [9.17, 15) is 4.79 Å². The van der Waals surface area contributed by atoms with Crippen LogP contribution in [-0.2, 0) is 6.54 Å². The van der Waals surface area contributed by atoms with Gasteiger partial charge < -0.3 is 25.0 Å². The molecule has 0 radical (unpaired) electrons. The standard InChI is InChI=1S/C18H18N4O4/c1-24-13-6-5-11(14(8-13)25-2)10-21-18(23)15-16(22-26-17(15)19)12-4-3-7-20-9-12/h3-9H,10,19H2,1-2H3,(H,21,23). The second-order valence-electron chi connectivity index (χ2n) is 5.37. The first-order chi connectivity index (χ1) is 12.6. The zero-order valence-electron chi connectivity index (χ0n) is 14.4. The topological polar surface area (TPSA) is 112 Å². The molecule has 3 aromatic rings. The average molecular weight is 354 g/mol. The van der Waals surface area contributed by atoms with Gasteiger partial charge in [0.25, 0.3) is 5.91 Å². The number of carbonyl (C=O) groups excluding carboxylic acids is 1. The maximum Gasteiger partial charge on any atom is 0.259 e. The van der Waals surface area contributed by atoms with Crippen LogP contribution in [0.5, 0.6) is 11.5 Å². The summed E-state index contributed by atoms with van der Waals surface area (Å²) in [6, 6.07) is 8.86. The number of anilines is 1. The first-order valence-electron chi connectivity index (χ1n) is 7.78. The molecule has 0 saturated carbocycles. The maximum absolute atomic E-state index is 12.6. The van der Waals surface area contributed by atoms with Crippen molar-refractivity contribution in [2.75, 3.05) is 20.0 Å². The van der Waals surface area contributed by atoms with E-state index in [4.69, 9.17) is 19.7 Å². The van der Waals surface area contributed by atoms with Crippen LogP contribution >= 0.6 is 0 Å². The number of nitrogens with zero attached hydrogens (tertiary/aromatic N) is 2. The van der Waals surface area contributed by atoms with Crippen LogP contribution in [0.25, 0.3) is 11.3 Å². The van der Waals surface area contributed by atoms with Gasteiger partial charge in [0, 0.05) is 36.1 Å². The van der Waals surface area contributed by atoms with Crippen LogP contribution in [-0.4, -0.2) is 30.3 Å². The molecule has 0 atom stereocenters. The molecule has 3 N–H and O–H groups in total. The molecule has 0 saturated heterocycles. The molecule has 1 aromatic carbocycles. The molecular formula is C18H18N4O4. The van der Waals surface area contributed by atoms with Crippen molar-refractivity contribution in [3.63, 3.8) is 0 Å². The highest BCUT2D eigenvalue weighted by Crippen LogP contribution is 2.27. The molecule has 3 rings (SSSR count). The molecule has 0 unspecified atom stereocenters. The number of hydrogen-bond donors (Lipinski definition) is 2. The molecule has 0 spiro atoms. The van der Waals surface area contributed by atoms with Gasteiger partial charge in [-0.3, -0.25) is 9.78 Å². The van der Waals surface area contributed by atoms with Gasteiger partial charge in [-0.1, -0.05) is 5.16 Å². The quantitative estimate of drug-likeness (QED) is 0.698. The van der Waals surface area contributed by atoms with E-state index in [1.165, 1.54) is 0 Å². The number of nitrogen functional groups attached to an aromatic ring is 1. The van der Waals surface area contributed by atoms with Gasteiger partial charge in [-0.2, -0.15) is 0 Å². The maximum atomic E-state index is 12.6. The lowest BCUT2D eigenvalue weighted by Gasteiger charge is -2.11. The van der Waals surface area contributed by atoms with E-state index < -0.39 is 5.91 Å². The molecule has 0 aliphatic heterocycles. The Kier molecular flexibility index (Phi) is 5.02. The molecule has 0 aliphatic carbocycles. The van der Waals surface area contributed by atoms with Gasteiger partial charge in [0.15, 0.2) is 0 Å². The van der Waals surface area contributed by atoms with Crippen molar-refractivity contribution in [2.45, 2.75) is 6.54 Å². The number of ether oxygens (including phenoxy) is 2. The molecule has 0 bridgehead atoms. The average Bonchev–Trinajstić information content (AvgIpc) is 3.08. The summed E-state index contributed by atoms with van der Waals surface area (Å²) >= 11 is 0. The summed E-state index contributed by atoms with van der Waals surface area (Å²) < 4.78 is 15.5. The monoisotopic (exact) mass is 354 g/mol. The number of nitrogens with one attached hydrogen (secondary N) is 1. The number of aromatic nitrogens is 2. The van der Waals surface area contributed by atoms with E-state index in [2.05, 4.69) is 15.5 Å². The molecule has 8 nitrogen and oxygen atoms in total. The van der Waals surface area contributed by atoms with Crippen LogP contribution < -0.4 is 20.5 Å². The third kappa shape index (κ3) is 3.44. The van der Waals surface area contributed by atoms with E-state index in [0.717, 1.165) is 5.56 Å². The van der Waals surface area contributed by atoms with Crippen molar-refractivity contribution >= 4 is 11.8 Å². The summed E-state index contributed by atoms with van der Waals surface area (Å²) in [4.78, 5) is 16.7. The Balaban J connectivity index is 1.81. The van der Waals surface area contributed by atoms with Gasteiger partial charge in [0.05, 0.1) is 14.2 Å². The first kappa shape index (κ1) is 17.3. The van der Waals surface area contributed by atoms with E-state index in [-0.39, 0.29) is 18.0 Å². The fourth-order valence-corrected chi connectivity index (χ4v) is 2.48. The largest absolute Gasteiger partial charge is 0.497 e. The van der Waals surface area contributed by atoms with Crippen molar-refractivity contribution in [2.24, 2.45) is 0 Å². The van der Waals surface area contributed by atoms with Crippen molar-refractivity contribution in [3.8, 4) is 22.8 Å². The number of carbonyl (C=O) groups is 1. The number of benzene rings is 1. The van der Waals surface area contributed by atoms with Crippen molar-refractivity contribution < 1.29 is 18.8 Å². The van der Waals surface area contributed by atoms with Crippen LogP contribution in [0.2, 0.25) is 0 Å². The Morgan fingerprint density at radius 3 is 2.81 bits per heavy atom. The Morgan fingerprint density at radius 1 is 1.27 bits per heavy atom. The number of pyridine rings is 1. The Labute approximate surface area is 149 Å². The van der Waals surface area contributed by atoms with E-state index >= 15 is 0 Å². The fraction of sp³-hybridized carbons (Fsp3) is 0.167. The van der Waals surface area contributed by atoms with Crippen molar-refractivity contribution in [3.05, 3.63) is 53.9 Å². The van der Waals surface area contributed by atoms with Crippen LogP contribution in [0.3, 0.4) is 0 Å². The van der Waals surface area contributed by atoms with Crippen LogP contribution in [0, 0.1) is 0 Å². The Hall–Kier alpha value is -3.55. The van der Waals surface area contributed by atoms with Crippen LogP contribution in [0.4, 0.5) is 5.88 Å². The number of nitrogens with two attached hydrogens (primary N) is 1. The summed E-state index contributed by atoms with van der Waals surface area (Å²) in [7, 11) is 3.13. The van der Waals surface area contributed by atoms with Crippen molar-refractivity contribution in [1.29, 1.82) is 0 Å². The number of amides is 1. The van der Waals surface area contributed by atoms with Crippen molar-refractivity contribution in [1.82, 2.24) is 15.5 Å². The van der Waals surface area contributed by atoms with Gasteiger partial charge in [0.2, 0.25) is 5.88 Å². The predicted molar refractivity (Wildman–Crippen MR) is 94.9 cm³/mol. The molecule has 0 fully saturated rings. The number of rotatable bonds is 6. The molecule has 8 heteroatoms. The van der Waals surface area contributed by atoms with Crippen LogP contribution in [0.15, 0.2) is 47.2 Å². The van der Waals surface area contributed by atoms with Gasteiger partial charge in [-0.15, -0.1) is 0 Å². The van der Waals surface area contributed by atoms with Gasteiger partial charge in [0.1, 0.15) is 22.8 Å². The third-order valence-electron chi connectivity index (χ3n) is 3.81. The summed E-state index contributed by atoms with van der Waals surface area (Å²) in [6.45, 7) is 0.239. The molecule has 2 heterocycles. The Bertz CT molecular complexity index is 909. The second kappa shape index (κ2) is 7.56. The summed E-state index contributed by atoms with van der Waals surface area (Å²) in [5.74, 6) is 0.818. The lowest BCUT2D eigenvalue weighted by Crippen LogP contribution is -2.24. The molecule has 134 valence electrons. The Morgan fingerprint density at radius 2 is 2.12 bits per heavy atom. The molecule has 1 amide bonds. The predicted octanol–water partition coefficient (Wildman–Crippen LogP) is 2.27. The van der Waals surface area contributed by atoms with Gasteiger partial charge in [-0.05, 0) is 24.3 Å². The number of methoxy groups -OCH3 is 2. The van der Waals surface area contributed by atoms with Gasteiger partial charge in [-0.25, -0.2) is 0 Å². The highest BCUT2D eigenvalue weighted by atomic mass is 16.5. The molecular weight excluding hydrogens is 336 g/mol. The highest BCUT2D eigenvalue weighted by molar-refractivity contribution is 6.03. The summed E-state index contributed by atoms with van der Waals surface area (Å²) in [5.41, 5.74) is 7.74. The zero-order valence-corrected chi connectivity index (χ0v) is 14.4.